The molecule has 2 aromatic rings. The van der Waals surface area contributed by atoms with Crippen LogP contribution < -0.4 is 0 Å². The van der Waals surface area contributed by atoms with Crippen LogP contribution in [0.4, 0.5) is 0 Å². The average Bonchev–Trinajstić information content (AvgIpc) is 3.11. The first-order chi connectivity index (χ1) is 14.5. The molecular weight excluding hydrogens is 408 g/mol. The highest BCUT2D eigenvalue weighted by Gasteiger charge is 2.34. The van der Waals surface area contributed by atoms with Crippen molar-refractivity contribution in [3.05, 3.63) is 66.1 Å². The summed E-state index contributed by atoms with van der Waals surface area (Å²) in [5.41, 5.74) is 4.07. The highest BCUT2D eigenvalue weighted by Crippen LogP contribution is 2.44. The highest BCUT2D eigenvalue weighted by atomic mass is 32.1. The maximum Gasteiger partial charge on any atom is 0.326 e. The Labute approximate surface area is 189 Å². The van der Waals surface area contributed by atoms with Crippen LogP contribution in [0.25, 0.3) is 0 Å². The molecule has 1 aromatic carbocycles. The van der Waals surface area contributed by atoms with Gasteiger partial charge in [0.2, 0.25) is 0 Å². The molecule has 0 spiro atoms. The maximum absolute atomic E-state index is 11.9. The molecule has 1 amide bonds. The van der Waals surface area contributed by atoms with Gasteiger partial charge < -0.3 is 0 Å². The Morgan fingerprint density at radius 1 is 1.03 bits per heavy atom. The van der Waals surface area contributed by atoms with E-state index in [-0.39, 0.29) is 16.9 Å². The van der Waals surface area contributed by atoms with E-state index in [2.05, 4.69) is 49.3 Å². The molecule has 0 bridgehead atoms. The molecule has 0 aliphatic rings. The summed E-state index contributed by atoms with van der Waals surface area (Å²) in [6.07, 6.45) is 3.30. The zero-order chi connectivity index (χ0) is 23.4. The molecular formula is C25H34N2O3S. The standard InChI is InChI=1S/C25H34N2O3S/c1-8-25(9-2,21-15-17(4)22(31-21)23(28)27-30)19-12-10-18(16(3)14-19)11-13-20(26-29)24(5,6)7/h10,12,14-15,20H,8-9,11,13H2,1-7H3. The van der Waals surface area contributed by atoms with Gasteiger partial charge in [-0.2, -0.15) is 4.91 Å². The second-order valence-electron chi connectivity index (χ2n) is 9.48. The van der Waals surface area contributed by atoms with E-state index < -0.39 is 5.91 Å². The molecule has 168 valence electrons. The largest absolute Gasteiger partial charge is 0.326 e. The summed E-state index contributed by atoms with van der Waals surface area (Å²) >= 11 is 1.38. The lowest BCUT2D eigenvalue weighted by molar-refractivity contribution is 0.100. The minimum Gasteiger partial charge on any atom is -0.262 e. The molecule has 1 unspecified atom stereocenters. The highest BCUT2D eigenvalue weighted by molar-refractivity contribution is 7.14. The molecule has 0 saturated heterocycles. The number of nitrogens with zero attached hydrogens (tertiary/aromatic N) is 2. The van der Waals surface area contributed by atoms with Crippen LogP contribution >= 0.6 is 11.3 Å². The van der Waals surface area contributed by atoms with Crippen molar-refractivity contribution in [3.8, 4) is 0 Å². The fraction of sp³-hybridized carbons (Fsp3) is 0.560. The molecule has 0 fully saturated rings. The first kappa shape index (κ1) is 25.1. The van der Waals surface area contributed by atoms with Crippen molar-refractivity contribution in [1.29, 1.82) is 0 Å². The van der Waals surface area contributed by atoms with Crippen LogP contribution in [0.15, 0.2) is 34.6 Å². The number of hydrogen-bond acceptors (Lipinski definition) is 5. The first-order valence-corrected chi connectivity index (χ1v) is 11.8. The van der Waals surface area contributed by atoms with Crippen molar-refractivity contribution in [3.63, 3.8) is 0 Å². The number of benzene rings is 1. The van der Waals surface area contributed by atoms with Crippen LogP contribution in [0.3, 0.4) is 0 Å². The summed E-state index contributed by atoms with van der Waals surface area (Å²) in [7, 11) is 0. The third-order valence-corrected chi connectivity index (χ3v) is 8.01. The molecule has 1 atom stereocenters. The van der Waals surface area contributed by atoms with Gasteiger partial charge in [-0.15, -0.1) is 16.2 Å². The number of rotatable bonds is 9. The Hall–Kier alpha value is -2.21. The van der Waals surface area contributed by atoms with Crippen molar-refractivity contribution >= 4 is 17.2 Å². The van der Waals surface area contributed by atoms with Crippen molar-refractivity contribution in [1.82, 2.24) is 0 Å². The Kier molecular flexibility index (Phi) is 8.04. The van der Waals surface area contributed by atoms with Gasteiger partial charge in [-0.3, -0.25) is 4.79 Å². The van der Waals surface area contributed by atoms with Crippen LogP contribution in [0.5, 0.6) is 0 Å². The second-order valence-corrected chi connectivity index (χ2v) is 10.5. The lowest BCUT2D eigenvalue weighted by Crippen LogP contribution is -2.25. The first-order valence-electron chi connectivity index (χ1n) is 10.9. The summed E-state index contributed by atoms with van der Waals surface area (Å²) in [6.45, 7) is 14.4. The number of hydrogen-bond donors (Lipinski definition) is 0. The van der Waals surface area contributed by atoms with Crippen molar-refractivity contribution in [2.75, 3.05) is 0 Å². The monoisotopic (exact) mass is 442 g/mol. The minimum absolute atomic E-state index is 0.141. The minimum atomic E-state index is -0.696. The van der Waals surface area contributed by atoms with Gasteiger partial charge in [0.25, 0.3) is 0 Å². The molecule has 0 aliphatic heterocycles. The summed E-state index contributed by atoms with van der Waals surface area (Å²) in [4.78, 5) is 35.5. The number of thiophene rings is 1. The van der Waals surface area contributed by atoms with Gasteiger partial charge >= 0.3 is 5.91 Å². The van der Waals surface area contributed by atoms with Gasteiger partial charge in [0.05, 0.1) is 6.04 Å². The summed E-state index contributed by atoms with van der Waals surface area (Å²) in [5, 5.41) is 5.97. The lowest BCUT2D eigenvalue weighted by Gasteiger charge is -2.32. The van der Waals surface area contributed by atoms with Gasteiger partial charge in [-0.05, 0) is 73.3 Å². The van der Waals surface area contributed by atoms with E-state index in [1.54, 1.807) is 0 Å². The van der Waals surface area contributed by atoms with Crippen LogP contribution in [0, 0.1) is 29.1 Å². The summed E-state index contributed by atoms with van der Waals surface area (Å²) in [6, 6.07) is 8.38. The van der Waals surface area contributed by atoms with Gasteiger partial charge in [0.15, 0.2) is 0 Å². The van der Waals surface area contributed by atoms with Crippen LogP contribution in [-0.4, -0.2) is 11.9 Å². The topological polar surface area (TPSA) is 75.9 Å². The third-order valence-electron chi connectivity index (χ3n) is 6.58. The van der Waals surface area contributed by atoms with E-state index in [4.69, 9.17) is 0 Å². The fourth-order valence-corrected chi connectivity index (χ4v) is 5.73. The van der Waals surface area contributed by atoms with E-state index in [9.17, 15) is 14.6 Å². The number of nitroso groups, excluding NO2 is 2. The smallest absolute Gasteiger partial charge is 0.262 e. The molecule has 1 heterocycles. The SMILES string of the molecule is CCC(CC)(c1ccc(CCC(N=O)C(C)(C)C)c(C)c1)c1cc(C)c(C(=O)N=O)s1. The molecule has 0 N–H and O–H groups in total. The maximum atomic E-state index is 11.9. The van der Waals surface area contributed by atoms with Gasteiger partial charge in [0.1, 0.15) is 4.88 Å². The molecule has 0 radical (unpaired) electrons. The summed E-state index contributed by atoms with van der Waals surface area (Å²) in [5.74, 6) is -0.696. The Morgan fingerprint density at radius 3 is 2.16 bits per heavy atom. The molecule has 1 aromatic heterocycles. The van der Waals surface area contributed by atoms with Crippen molar-refractivity contribution in [2.45, 2.75) is 85.6 Å². The van der Waals surface area contributed by atoms with E-state index in [1.807, 2.05) is 33.8 Å². The Bertz CT molecular complexity index is 952. The Balaban J connectivity index is 2.40. The lowest BCUT2D eigenvalue weighted by atomic mass is 9.73. The zero-order valence-electron chi connectivity index (χ0n) is 19.7. The van der Waals surface area contributed by atoms with Crippen LogP contribution in [0.2, 0.25) is 0 Å². The predicted molar refractivity (Wildman–Crippen MR) is 129 cm³/mol. The molecule has 0 saturated carbocycles. The predicted octanol–water partition coefficient (Wildman–Crippen LogP) is 7.49. The second kappa shape index (κ2) is 9.94. The average molecular weight is 443 g/mol. The van der Waals surface area contributed by atoms with E-state index in [0.29, 0.717) is 4.88 Å². The van der Waals surface area contributed by atoms with Gasteiger partial charge in [-0.25, -0.2) is 0 Å². The van der Waals surface area contributed by atoms with Gasteiger partial charge in [-0.1, -0.05) is 58.0 Å². The number of carbonyl (C=O) groups excluding carboxylic acids is 1. The van der Waals surface area contributed by atoms with Gasteiger partial charge in [0, 0.05) is 15.5 Å². The Morgan fingerprint density at radius 2 is 1.68 bits per heavy atom. The molecule has 5 nitrogen and oxygen atoms in total. The van der Waals surface area contributed by atoms with Crippen LogP contribution in [-0.2, 0) is 11.8 Å². The normalized spacial score (nSPS) is 13.1. The van der Waals surface area contributed by atoms with Crippen LogP contribution in [0.1, 0.15) is 90.7 Å². The third kappa shape index (κ3) is 5.17. The van der Waals surface area contributed by atoms with Crippen molar-refractivity contribution in [2.24, 2.45) is 15.8 Å². The number of aryl methyl sites for hydroxylation is 3. The van der Waals surface area contributed by atoms with Crippen molar-refractivity contribution < 1.29 is 4.79 Å². The molecule has 31 heavy (non-hydrogen) atoms. The van der Waals surface area contributed by atoms with E-state index in [1.165, 1.54) is 28.0 Å². The van der Waals surface area contributed by atoms with E-state index in [0.717, 1.165) is 36.1 Å². The summed E-state index contributed by atoms with van der Waals surface area (Å²) < 4.78 is 0. The zero-order valence-corrected chi connectivity index (χ0v) is 20.6. The molecule has 6 heteroatoms. The number of amides is 1. The quantitative estimate of drug-likeness (QED) is 0.377. The van der Waals surface area contributed by atoms with E-state index >= 15 is 0 Å². The molecule has 0 aliphatic carbocycles. The fourth-order valence-electron chi connectivity index (χ4n) is 4.33. The molecule has 2 rings (SSSR count). The number of carbonyl (C=O) groups is 1.